The van der Waals surface area contributed by atoms with Gasteiger partial charge in [0.25, 0.3) is 10.0 Å². The number of nitrogens with zero attached hydrogens (tertiary/aromatic N) is 3. The Hall–Kier alpha value is -1.22. The van der Waals surface area contributed by atoms with Crippen LogP contribution >= 0.6 is 22.9 Å². The minimum atomic E-state index is -3.58. The average molecular weight is 345 g/mol. The number of hydrogen-bond acceptors (Lipinski definition) is 6. The molecule has 0 radical (unpaired) electrons. The minimum absolute atomic E-state index is 0.239. The van der Waals surface area contributed by atoms with E-state index in [4.69, 9.17) is 17.3 Å². The Bertz CT molecular complexity index is 762. The standard InChI is InChI=1S/C12H13ClN4O2S2/c13-9-3-4-11(20-9)21(18,19)17-7-1-2-8(17)12-15-6-5-10(14)16-12/h3-6,8H,1-2,7H2,(H2,14,15,16). The summed E-state index contributed by atoms with van der Waals surface area (Å²) in [5.74, 6) is 0.780. The number of rotatable bonds is 3. The molecule has 2 N–H and O–H groups in total. The number of hydrogen-bond donors (Lipinski definition) is 1. The van der Waals surface area contributed by atoms with Gasteiger partial charge < -0.3 is 5.73 Å². The summed E-state index contributed by atoms with van der Waals surface area (Å²) in [5.41, 5.74) is 5.66. The van der Waals surface area contributed by atoms with E-state index in [-0.39, 0.29) is 10.3 Å². The summed E-state index contributed by atoms with van der Waals surface area (Å²) in [6, 6.07) is 4.31. The quantitative estimate of drug-likeness (QED) is 0.922. The van der Waals surface area contributed by atoms with Crippen molar-refractivity contribution < 1.29 is 8.42 Å². The maximum atomic E-state index is 12.7. The first-order valence-corrected chi connectivity index (χ1v) is 8.97. The van der Waals surface area contributed by atoms with Crippen molar-refractivity contribution in [1.82, 2.24) is 14.3 Å². The topological polar surface area (TPSA) is 89.2 Å². The average Bonchev–Trinajstić information content (AvgIpc) is 3.07. The lowest BCUT2D eigenvalue weighted by Gasteiger charge is -2.22. The molecule has 1 unspecified atom stereocenters. The number of sulfonamides is 1. The largest absolute Gasteiger partial charge is 0.384 e. The first kappa shape index (κ1) is 14.7. The fourth-order valence-corrected chi connectivity index (χ4v) is 5.65. The van der Waals surface area contributed by atoms with Gasteiger partial charge in [-0.25, -0.2) is 18.4 Å². The van der Waals surface area contributed by atoms with Gasteiger partial charge in [-0.2, -0.15) is 4.31 Å². The van der Waals surface area contributed by atoms with Gasteiger partial charge in [0.15, 0.2) is 0 Å². The second-order valence-corrected chi connectivity index (χ2v) is 8.50. The molecule has 6 nitrogen and oxygen atoms in total. The van der Waals surface area contributed by atoms with E-state index < -0.39 is 10.0 Å². The Morgan fingerprint density at radius 1 is 1.38 bits per heavy atom. The van der Waals surface area contributed by atoms with Gasteiger partial charge in [0.05, 0.1) is 10.4 Å². The third-order valence-electron chi connectivity index (χ3n) is 3.31. The van der Waals surface area contributed by atoms with Crippen molar-refractivity contribution in [3.8, 4) is 0 Å². The number of halogens is 1. The molecule has 3 heterocycles. The van der Waals surface area contributed by atoms with E-state index in [1.54, 1.807) is 18.3 Å². The minimum Gasteiger partial charge on any atom is -0.384 e. The molecule has 0 bridgehead atoms. The van der Waals surface area contributed by atoms with E-state index in [1.807, 2.05) is 0 Å². The van der Waals surface area contributed by atoms with Crippen LogP contribution in [0.15, 0.2) is 28.6 Å². The summed E-state index contributed by atoms with van der Waals surface area (Å²) in [6.07, 6.45) is 2.99. The molecule has 1 aliphatic rings. The number of anilines is 1. The predicted molar refractivity (Wildman–Crippen MR) is 81.6 cm³/mol. The molecule has 1 fully saturated rings. The van der Waals surface area contributed by atoms with Crippen LogP contribution in [0.1, 0.15) is 24.7 Å². The molecule has 2 aromatic heterocycles. The predicted octanol–water partition coefficient (Wildman–Crippen LogP) is 2.30. The zero-order chi connectivity index (χ0) is 15.0. The lowest BCUT2D eigenvalue weighted by molar-refractivity contribution is 0.384. The monoisotopic (exact) mass is 344 g/mol. The van der Waals surface area contributed by atoms with Crippen molar-refractivity contribution in [3.05, 3.63) is 34.6 Å². The highest BCUT2D eigenvalue weighted by molar-refractivity contribution is 7.91. The molecule has 112 valence electrons. The van der Waals surface area contributed by atoms with Crippen molar-refractivity contribution in [3.63, 3.8) is 0 Å². The van der Waals surface area contributed by atoms with Crippen LogP contribution in [0.25, 0.3) is 0 Å². The molecule has 0 spiro atoms. The fraction of sp³-hybridized carbons (Fsp3) is 0.333. The van der Waals surface area contributed by atoms with Crippen LogP contribution in [-0.4, -0.2) is 29.2 Å². The molecule has 9 heteroatoms. The Kier molecular flexibility index (Phi) is 3.87. The highest BCUT2D eigenvalue weighted by Crippen LogP contribution is 2.37. The molecule has 3 rings (SSSR count). The molecule has 21 heavy (non-hydrogen) atoms. The number of nitrogens with two attached hydrogens (primary N) is 1. The van der Waals surface area contributed by atoms with Gasteiger partial charge >= 0.3 is 0 Å². The zero-order valence-corrected chi connectivity index (χ0v) is 13.3. The van der Waals surface area contributed by atoms with E-state index in [0.717, 1.165) is 17.8 Å². The molecular formula is C12H13ClN4O2S2. The molecular weight excluding hydrogens is 332 g/mol. The zero-order valence-electron chi connectivity index (χ0n) is 10.9. The summed E-state index contributed by atoms with van der Waals surface area (Å²) in [5, 5.41) is 0. The molecule has 0 saturated carbocycles. The Morgan fingerprint density at radius 3 is 2.86 bits per heavy atom. The van der Waals surface area contributed by atoms with E-state index >= 15 is 0 Å². The van der Waals surface area contributed by atoms with Gasteiger partial charge in [-0.15, -0.1) is 11.3 Å². The van der Waals surface area contributed by atoms with Crippen LogP contribution < -0.4 is 5.73 Å². The SMILES string of the molecule is Nc1ccnc(C2CCCN2S(=O)(=O)c2ccc(Cl)s2)n1. The van der Waals surface area contributed by atoms with Crippen LogP contribution in [-0.2, 0) is 10.0 Å². The van der Waals surface area contributed by atoms with Gasteiger partial charge in [0.2, 0.25) is 0 Å². The molecule has 0 aliphatic carbocycles. The van der Waals surface area contributed by atoms with Gasteiger partial charge in [0, 0.05) is 12.7 Å². The third kappa shape index (κ3) is 2.76. The Balaban J connectivity index is 1.97. The second-order valence-electron chi connectivity index (χ2n) is 4.67. The molecule has 2 aromatic rings. The highest BCUT2D eigenvalue weighted by atomic mass is 35.5. The van der Waals surface area contributed by atoms with E-state index in [9.17, 15) is 8.42 Å². The van der Waals surface area contributed by atoms with Crippen molar-refractivity contribution >= 4 is 38.8 Å². The van der Waals surface area contributed by atoms with Crippen LogP contribution in [0.2, 0.25) is 4.34 Å². The summed E-state index contributed by atoms with van der Waals surface area (Å²) in [7, 11) is -3.58. The molecule has 0 amide bonds. The first-order chi connectivity index (χ1) is 9.98. The van der Waals surface area contributed by atoms with Crippen molar-refractivity contribution in [2.45, 2.75) is 23.1 Å². The normalized spacial score (nSPS) is 20.0. The lowest BCUT2D eigenvalue weighted by atomic mass is 10.2. The van der Waals surface area contributed by atoms with Gasteiger partial charge in [0.1, 0.15) is 15.9 Å². The molecule has 0 aromatic carbocycles. The maximum Gasteiger partial charge on any atom is 0.253 e. The summed E-state index contributed by atoms with van der Waals surface area (Å²) in [4.78, 5) is 8.32. The Labute approximate surface area is 131 Å². The smallest absolute Gasteiger partial charge is 0.253 e. The van der Waals surface area contributed by atoms with Crippen molar-refractivity contribution in [2.75, 3.05) is 12.3 Å². The van der Waals surface area contributed by atoms with Crippen LogP contribution in [0.4, 0.5) is 5.82 Å². The number of thiophene rings is 1. The fourth-order valence-electron chi connectivity index (χ4n) is 2.39. The van der Waals surface area contributed by atoms with Crippen LogP contribution in [0, 0.1) is 0 Å². The summed E-state index contributed by atoms with van der Waals surface area (Å²) in [6.45, 7) is 0.445. The van der Waals surface area contributed by atoms with Crippen molar-refractivity contribution in [2.24, 2.45) is 0 Å². The third-order valence-corrected chi connectivity index (χ3v) is 6.92. The first-order valence-electron chi connectivity index (χ1n) is 6.34. The van der Waals surface area contributed by atoms with Crippen LogP contribution in [0.5, 0.6) is 0 Å². The van der Waals surface area contributed by atoms with Crippen LogP contribution in [0.3, 0.4) is 0 Å². The van der Waals surface area contributed by atoms with E-state index in [2.05, 4.69) is 9.97 Å². The molecule has 1 saturated heterocycles. The number of nitrogen functional groups attached to an aromatic ring is 1. The van der Waals surface area contributed by atoms with Gasteiger partial charge in [-0.05, 0) is 31.0 Å². The van der Waals surface area contributed by atoms with Gasteiger partial charge in [-0.3, -0.25) is 0 Å². The molecule has 1 aliphatic heterocycles. The molecule has 1 atom stereocenters. The van der Waals surface area contributed by atoms with E-state index in [0.29, 0.717) is 28.9 Å². The lowest BCUT2D eigenvalue weighted by Crippen LogP contribution is -2.31. The Morgan fingerprint density at radius 2 is 2.19 bits per heavy atom. The van der Waals surface area contributed by atoms with E-state index in [1.165, 1.54) is 10.4 Å². The second kappa shape index (κ2) is 5.53. The summed E-state index contributed by atoms with van der Waals surface area (Å²) < 4.78 is 27.5. The van der Waals surface area contributed by atoms with Crippen molar-refractivity contribution in [1.29, 1.82) is 0 Å². The highest BCUT2D eigenvalue weighted by Gasteiger charge is 2.38. The van der Waals surface area contributed by atoms with Gasteiger partial charge in [-0.1, -0.05) is 11.6 Å². The maximum absolute atomic E-state index is 12.7. The number of aromatic nitrogens is 2. The summed E-state index contributed by atoms with van der Waals surface area (Å²) >= 11 is 6.89.